The van der Waals surface area contributed by atoms with Crippen LogP contribution in [-0.4, -0.2) is 16.8 Å². The van der Waals surface area contributed by atoms with Gasteiger partial charge in [-0.25, -0.2) is 0 Å². The van der Waals surface area contributed by atoms with Gasteiger partial charge in [-0.15, -0.1) is 0 Å². The monoisotopic (exact) mass is 375 g/mol. The molecular weight excluding hydrogens is 350 g/mol. The normalized spacial score (nSPS) is 10.7. The van der Waals surface area contributed by atoms with Gasteiger partial charge >= 0.3 is 0 Å². The molecule has 0 spiro atoms. The first-order valence-electron chi connectivity index (χ1n) is 9.73. The fourth-order valence-corrected chi connectivity index (χ4v) is 3.22. The number of nitrogens with one attached hydrogen (secondary N) is 1. The van der Waals surface area contributed by atoms with Gasteiger partial charge in [-0.3, -0.25) is 9.59 Å². The van der Waals surface area contributed by atoms with Crippen LogP contribution in [0.1, 0.15) is 48.9 Å². The van der Waals surface area contributed by atoms with Crippen molar-refractivity contribution in [2.24, 2.45) is 0 Å². The van der Waals surface area contributed by atoms with Crippen LogP contribution in [0.2, 0.25) is 0 Å². The standard InChI is InChI=1S/C24H25NO3/c26-22(20-16-15-18-9-5-6-10-19(18)17-20)12-3-1-2-4-14-24(28)25-21-11-7-8-13-23(21)27/h5-11,13,15-17,27H,1-4,12,14H2,(H,25,28). The summed E-state index contributed by atoms with van der Waals surface area (Å²) in [5.41, 5.74) is 1.20. The van der Waals surface area contributed by atoms with Gasteiger partial charge in [0, 0.05) is 18.4 Å². The fourth-order valence-electron chi connectivity index (χ4n) is 3.22. The van der Waals surface area contributed by atoms with Gasteiger partial charge in [0.05, 0.1) is 5.69 Å². The van der Waals surface area contributed by atoms with Gasteiger partial charge in [0.1, 0.15) is 5.75 Å². The molecule has 3 rings (SSSR count). The van der Waals surface area contributed by atoms with Crippen molar-refractivity contribution in [1.29, 1.82) is 0 Å². The van der Waals surface area contributed by atoms with Gasteiger partial charge in [0.15, 0.2) is 5.78 Å². The molecule has 4 nitrogen and oxygen atoms in total. The van der Waals surface area contributed by atoms with Crippen LogP contribution < -0.4 is 5.32 Å². The molecule has 0 saturated heterocycles. The van der Waals surface area contributed by atoms with Gasteiger partial charge in [-0.1, -0.05) is 61.4 Å². The number of carbonyl (C=O) groups is 2. The molecule has 0 unspecified atom stereocenters. The third-order valence-corrected chi connectivity index (χ3v) is 4.81. The number of ketones is 1. The van der Waals surface area contributed by atoms with Crippen LogP contribution in [-0.2, 0) is 4.79 Å². The zero-order valence-electron chi connectivity index (χ0n) is 15.9. The Morgan fingerprint density at radius 3 is 2.21 bits per heavy atom. The zero-order valence-corrected chi connectivity index (χ0v) is 15.9. The summed E-state index contributed by atoms with van der Waals surface area (Å²) in [7, 11) is 0. The van der Waals surface area contributed by atoms with Crippen molar-refractivity contribution in [2.75, 3.05) is 5.32 Å². The molecule has 144 valence electrons. The number of hydrogen-bond acceptors (Lipinski definition) is 3. The number of unbranched alkanes of at least 4 members (excludes halogenated alkanes) is 3. The van der Waals surface area contributed by atoms with Crippen LogP contribution in [0.3, 0.4) is 0 Å². The van der Waals surface area contributed by atoms with Gasteiger partial charge in [0.2, 0.25) is 5.91 Å². The van der Waals surface area contributed by atoms with E-state index in [0.717, 1.165) is 42.0 Å². The van der Waals surface area contributed by atoms with Gasteiger partial charge in [-0.2, -0.15) is 0 Å². The van der Waals surface area contributed by atoms with Crippen LogP contribution in [0.5, 0.6) is 5.75 Å². The average Bonchev–Trinajstić information content (AvgIpc) is 2.71. The highest BCUT2D eigenvalue weighted by Crippen LogP contribution is 2.22. The molecule has 0 bridgehead atoms. The lowest BCUT2D eigenvalue weighted by Gasteiger charge is -2.07. The molecule has 28 heavy (non-hydrogen) atoms. The van der Waals surface area contributed by atoms with E-state index in [1.54, 1.807) is 24.3 Å². The molecule has 0 aliphatic carbocycles. The summed E-state index contributed by atoms with van der Waals surface area (Å²) in [5.74, 6) is 0.139. The Balaban J connectivity index is 1.34. The number of phenolic OH excluding ortho intramolecular Hbond substituents is 1. The summed E-state index contributed by atoms with van der Waals surface area (Å²) in [5, 5.41) is 14.6. The van der Waals surface area contributed by atoms with E-state index in [0.29, 0.717) is 18.5 Å². The Hall–Kier alpha value is -3.14. The lowest BCUT2D eigenvalue weighted by molar-refractivity contribution is -0.116. The SMILES string of the molecule is O=C(CCCCCCC(=O)c1ccc2ccccc2c1)Nc1ccccc1O. The Kier molecular flexibility index (Phi) is 6.79. The highest BCUT2D eigenvalue weighted by atomic mass is 16.3. The Bertz CT molecular complexity index is 965. The number of anilines is 1. The second-order valence-corrected chi connectivity index (χ2v) is 6.96. The number of aromatic hydroxyl groups is 1. The number of phenols is 1. The predicted molar refractivity (Wildman–Crippen MR) is 113 cm³/mol. The smallest absolute Gasteiger partial charge is 0.224 e. The van der Waals surface area contributed by atoms with Crippen LogP contribution in [0.4, 0.5) is 5.69 Å². The maximum atomic E-state index is 12.4. The molecule has 0 aliphatic rings. The number of hydrogen-bond donors (Lipinski definition) is 2. The van der Waals surface area contributed by atoms with E-state index >= 15 is 0 Å². The van der Waals surface area contributed by atoms with E-state index in [9.17, 15) is 14.7 Å². The number of carbonyl (C=O) groups excluding carboxylic acids is 2. The Labute approximate surface area is 165 Å². The maximum Gasteiger partial charge on any atom is 0.224 e. The molecule has 3 aromatic carbocycles. The van der Waals surface area contributed by atoms with Crippen molar-refractivity contribution in [3.05, 3.63) is 72.3 Å². The molecule has 0 radical (unpaired) electrons. The van der Waals surface area contributed by atoms with Crippen LogP contribution in [0, 0.1) is 0 Å². The van der Waals surface area contributed by atoms with Crippen molar-refractivity contribution < 1.29 is 14.7 Å². The van der Waals surface area contributed by atoms with Crippen molar-refractivity contribution in [3.8, 4) is 5.75 Å². The topological polar surface area (TPSA) is 66.4 Å². The third kappa shape index (κ3) is 5.43. The summed E-state index contributed by atoms with van der Waals surface area (Å²) in [6, 6.07) is 20.6. The Morgan fingerprint density at radius 1 is 0.750 bits per heavy atom. The lowest BCUT2D eigenvalue weighted by atomic mass is 10.0. The molecule has 0 aromatic heterocycles. The second-order valence-electron chi connectivity index (χ2n) is 6.96. The molecule has 2 N–H and O–H groups in total. The first-order chi connectivity index (χ1) is 13.6. The molecule has 4 heteroatoms. The molecule has 0 fully saturated rings. The first kappa shape index (κ1) is 19.6. The number of rotatable bonds is 9. The minimum atomic E-state index is -0.103. The number of amides is 1. The first-order valence-corrected chi connectivity index (χ1v) is 9.73. The summed E-state index contributed by atoms with van der Waals surface area (Å²) in [6.07, 6.45) is 4.36. The summed E-state index contributed by atoms with van der Waals surface area (Å²) in [4.78, 5) is 24.3. The van der Waals surface area contributed by atoms with E-state index in [1.165, 1.54) is 0 Å². The largest absolute Gasteiger partial charge is 0.506 e. The number of fused-ring (bicyclic) bond motifs is 1. The van der Waals surface area contributed by atoms with Crippen molar-refractivity contribution in [1.82, 2.24) is 0 Å². The van der Waals surface area contributed by atoms with Crippen LogP contribution in [0.15, 0.2) is 66.7 Å². The summed E-state index contributed by atoms with van der Waals surface area (Å²) >= 11 is 0. The minimum absolute atomic E-state index is 0.0723. The third-order valence-electron chi connectivity index (χ3n) is 4.81. The van der Waals surface area contributed by atoms with Crippen molar-refractivity contribution >= 4 is 28.2 Å². The Morgan fingerprint density at radius 2 is 1.43 bits per heavy atom. The molecular formula is C24H25NO3. The highest BCUT2D eigenvalue weighted by Gasteiger charge is 2.08. The highest BCUT2D eigenvalue weighted by molar-refractivity contribution is 5.99. The van der Waals surface area contributed by atoms with E-state index in [2.05, 4.69) is 5.32 Å². The van der Waals surface area contributed by atoms with Gasteiger partial charge < -0.3 is 10.4 Å². The molecule has 1 amide bonds. The average molecular weight is 375 g/mol. The van der Waals surface area contributed by atoms with E-state index < -0.39 is 0 Å². The molecule has 0 saturated carbocycles. The van der Waals surface area contributed by atoms with Gasteiger partial charge in [-0.05, 0) is 41.8 Å². The summed E-state index contributed by atoms with van der Waals surface area (Å²) in [6.45, 7) is 0. The van der Waals surface area contributed by atoms with Crippen molar-refractivity contribution in [2.45, 2.75) is 38.5 Å². The van der Waals surface area contributed by atoms with Crippen LogP contribution in [0.25, 0.3) is 10.8 Å². The molecule has 3 aromatic rings. The second kappa shape index (κ2) is 9.70. The molecule has 0 heterocycles. The number of para-hydroxylation sites is 2. The van der Waals surface area contributed by atoms with E-state index in [1.807, 2.05) is 42.5 Å². The lowest BCUT2D eigenvalue weighted by Crippen LogP contribution is -2.11. The number of benzene rings is 3. The predicted octanol–water partition coefficient (Wildman–Crippen LogP) is 5.71. The van der Waals surface area contributed by atoms with Gasteiger partial charge in [0.25, 0.3) is 0 Å². The molecule has 0 aliphatic heterocycles. The minimum Gasteiger partial charge on any atom is -0.506 e. The zero-order chi connectivity index (χ0) is 19.8. The fraction of sp³-hybridized carbons (Fsp3) is 0.250. The number of Topliss-reactive ketones (excluding diaryl/α,β-unsaturated/α-hetero) is 1. The van der Waals surface area contributed by atoms with Crippen molar-refractivity contribution in [3.63, 3.8) is 0 Å². The maximum absolute atomic E-state index is 12.4. The van der Waals surface area contributed by atoms with Crippen LogP contribution >= 0.6 is 0 Å². The quantitative estimate of drug-likeness (QED) is 0.286. The van der Waals surface area contributed by atoms with E-state index in [4.69, 9.17) is 0 Å². The van der Waals surface area contributed by atoms with E-state index in [-0.39, 0.29) is 17.4 Å². The molecule has 0 atom stereocenters. The summed E-state index contributed by atoms with van der Waals surface area (Å²) < 4.78 is 0.